The third-order valence-corrected chi connectivity index (χ3v) is 6.62. The molecule has 0 bridgehead atoms. The van der Waals surface area contributed by atoms with Crippen molar-refractivity contribution >= 4 is 43.1 Å². The van der Waals surface area contributed by atoms with Crippen molar-refractivity contribution in [2.45, 2.75) is 6.42 Å². The first kappa shape index (κ1) is 15.3. The number of fused-ring (bicyclic) bond motifs is 8. The third-order valence-electron chi connectivity index (χ3n) is 6.62. The zero-order valence-corrected chi connectivity index (χ0v) is 15.9. The fourth-order valence-electron chi connectivity index (χ4n) is 5.38. The van der Waals surface area contributed by atoms with Gasteiger partial charge in [0.1, 0.15) is 0 Å². The minimum Gasteiger partial charge on any atom is -0.0616 e. The number of hydrogen-bond acceptors (Lipinski definition) is 0. The summed E-state index contributed by atoms with van der Waals surface area (Å²) in [6.07, 6.45) is 0.997. The summed E-state index contributed by atoms with van der Waals surface area (Å²) in [5.41, 5.74) is 5.69. The molecule has 0 spiro atoms. The minimum absolute atomic E-state index is 0.997. The summed E-state index contributed by atoms with van der Waals surface area (Å²) in [5, 5.41) is 10.8. The van der Waals surface area contributed by atoms with Gasteiger partial charge in [-0.1, -0.05) is 91.0 Å². The van der Waals surface area contributed by atoms with Gasteiger partial charge in [0.15, 0.2) is 0 Å². The fraction of sp³-hybridized carbons (Fsp3) is 0.0345. The molecule has 0 radical (unpaired) electrons. The topological polar surface area (TPSA) is 0 Å². The van der Waals surface area contributed by atoms with Gasteiger partial charge in [-0.05, 0) is 77.8 Å². The van der Waals surface area contributed by atoms with Crippen LogP contribution in [0.1, 0.15) is 11.1 Å². The Labute approximate surface area is 169 Å². The summed E-state index contributed by atoms with van der Waals surface area (Å²) in [6, 6.07) is 36.0. The molecule has 0 nitrogen and oxygen atoms in total. The molecule has 1 aliphatic rings. The summed E-state index contributed by atoms with van der Waals surface area (Å²) in [7, 11) is 0. The van der Waals surface area contributed by atoms with Gasteiger partial charge in [-0.15, -0.1) is 0 Å². The van der Waals surface area contributed by atoms with E-state index in [0.717, 1.165) is 6.42 Å². The molecule has 0 atom stereocenters. The Bertz CT molecular complexity index is 1620. The summed E-state index contributed by atoms with van der Waals surface area (Å²) < 4.78 is 0. The second-order valence-electron chi connectivity index (χ2n) is 8.15. The van der Waals surface area contributed by atoms with E-state index in [4.69, 9.17) is 0 Å². The first-order chi connectivity index (χ1) is 14.4. The van der Waals surface area contributed by atoms with Crippen molar-refractivity contribution in [3.05, 3.63) is 108 Å². The van der Waals surface area contributed by atoms with Crippen LogP contribution in [0.15, 0.2) is 97.1 Å². The first-order valence-corrected chi connectivity index (χ1v) is 10.3. The lowest BCUT2D eigenvalue weighted by Crippen LogP contribution is -2.02. The molecule has 0 unspecified atom stereocenters. The molecule has 1 aliphatic carbocycles. The van der Waals surface area contributed by atoms with Gasteiger partial charge in [0.2, 0.25) is 0 Å². The molecule has 0 aromatic heterocycles. The molecular formula is C29H18. The highest BCUT2D eigenvalue weighted by atomic mass is 14.3. The van der Waals surface area contributed by atoms with Crippen LogP contribution >= 0.6 is 0 Å². The van der Waals surface area contributed by atoms with Gasteiger partial charge in [0.25, 0.3) is 0 Å². The Morgan fingerprint density at radius 3 is 2.10 bits per heavy atom. The largest absolute Gasteiger partial charge is 0.0616 e. The zero-order chi connectivity index (χ0) is 18.9. The molecule has 0 heteroatoms. The van der Waals surface area contributed by atoms with Crippen LogP contribution in [0.2, 0.25) is 0 Å². The van der Waals surface area contributed by atoms with Crippen LogP contribution in [0.25, 0.3) is 54.2 Å². The van der Waals surface area contributed by atoms with Crippen LogP contribution < -0.4 is 0 Å². The normalized spacial score (nSPS) is 12.7. The van der Waals surface area contributed by atoms with Crippen molar-refractivity contribution in [2.24, 2.45) is 0 Å². The van der Waals surface area contributed by atoms with E-state index in [1.165, 1.54) is 65.3 Å². The second-order valence-corrected chi connectivity index (χ2v) is 8.15. The van der Waals surface area contributed by atoms with Crippen molar-refractivity contribution in [1.29, 1.82) is 0 Å². The van der Waals surface area contributed by atoms with E-state index >= 15 is 0 Å². The maximum atomic E-state index is 2.42. The predicted octanol–water partition coefficient (Wildman–Crippen LogP) is 7.87. The van der Waals surface area contributed by atoms with Crippen molar-refractivity contribution < 1.29 is 0 Å². The lowest BCUT2D eigenvalue weighted by molar-refractivity contribution is 1.21. The van der Waals surface area contributed by atoms with E-state index in [9.17, 15) is 0 Å². The first-order valence-electron chi connectivity index (χ1n) is 10.3. The molecular weight excluding hydrogens is 348 g/mol. The molecule has 6 aromatic carbocycles. The lowest BCUT2D eigenvalue weighted by atomic mass is 9.79. The summed E-state index contributed by atoms with van der Waals surface area (Å²) in [4.78, 5) is 0. The third kappa shape index (κ3) is 1.98. The Morgan fingerprint density at radius 2 is 1.17 bits per heavy atom. The number of rotatable bonds is 0. The van der Waals surface area contributed by atoms with Gasteiger partial charge in [-0.2, -0.15) is 0 Å². The van der Waals surface area contributed by atoms with Crippen molar-refractivity contribution in [1.82, 2.24) is 0 Å². The van der Waals surface area contributed by atoms with E-state index < -0.39 is 0 Å². The highest BCUT2D eigenvalue weighted by molar-refractivity contribution is 6.22. The van der Waals surface area contributed by atoms with Crippen LogP contribution in [0.3, 0.4) is 0 Å². The molecule has 0 saturated heterocycles. The molecule has 0 heterocycles. The standard InChI is InChI=1S/C29H18/c1-4-10-24-18(6-1)12-13-19-14-15-22-16-21-8-5-11-25-23-9-3-2-7-20(23)17-26(27(21)25)29(22)28(19)24/h1-15,17H,16H2. The van der Waals surface area contributed by atoms with Crippen LogP contribution in [-0.4, -0.2) is 0 Å². The Kier molecular flexibility index (Phi) is 2.88. The van der Waals surface area contributed by atoms with E-state index in [-0.39, 0.29) is 0 Å². The smallest absolute Gasteiger partial charge is 0.00130 e. The second kappa shape index (κ2) is 5.46. The molecule has 0 amide bonds. The molecule has 134 valence electrons. The Morgan fingerprint density at radius 1 is 0.448 bits per heavy atom. The zero-order valence-electron chi connectivity index (χ0n) is 15.9. The molecule has 29 heavy (non-hydrogen) atoms. The maximum Gasteiger partial charge on any atom is -0.00130 e. The van der Waals surface area contributed by atoms with E-state index in [1.807, 2.05) is 0 Å². The van der Waals surface area contributed by atoms with Crippen LogP contribution in [0, 0.1) is 0 Å². The van der Waals surface area contributed by atoms with Crippen LogP contribution in [-0.2, 0) is 6.42 Å². The monoisotopic (exact) mass is 366 g/mol. The molecule has 0 aliphatic heterocycles. The van der Waals surface area contributed by atoms with E-state index in [1.54, 1.807) is 0 Å². The maximum absolute atomic E-state index is 2.42. The van der Waals surface area contributed by atoms with Gasteiger partial charge < -0.3 is 0 Å². The van der Waals surface area contributed by atoms with Gasteiger partial charge in [-0.25, -0.2) is 0 Å². The van der Waals surface area contributed by atoms with E-state index in [2.05, 4.69) is 97.1 Å². The van der Waals surface area contributed by atoms with Gasteiger partial charge in [0.05, 0.1) is 0 Å². The van der Waals surface area contributed by atoms with Crippen LogP contribution in [0.5, 0.6) is 0 Å². The fourth-order valence-corrected chi connectivity index (χ4v) is 5.38. The SMILES string of the molecule is c1ccc2c(c1)cc1c3c(cccc32)Cc2ccc3ccc4ccccc4c3c2-1. The van der Waals surface area contributed by atoms with Crippen molar-refractivity contribution in [3.63, 3.8) is 0 Å². The highest BCUT2D eigenvalue weighted by Crippen LogP contribution is 2.46. The summed E-state index contributed by atoms with van der Waals surface area (Å²) in [5.74, 6) is 0. The lowest BCUT2D eigenvalue weighted by Gasteiger charge is -2.24. The summed E-state index contributed by atoms with van der Waals surface area (Å²) in [6.45, 7) is 0. The quantitative estimate of drug-likeness (QED) is 0.240. The van der Waals surface area contributed by atoms with Crippen molar-refractivity contribution in [3.8, 4) is 11.1 Å². The molecule has 6 aromatic rings. The molecule has 0 N–H and O–H groups in total. The Balaban J connectivity index is 1.77. The van der Waals surface area contributed by atoms with Crippen molar-refractivity contribution in [2.75, 3.05) is 0 Å². The molecule has 0 fully saturated rings. The number of benzene rings is 6. The predicted molar refractivity (Wildman–Crippen MR) is 125 cm³/mol. The highest BCUT2D eigenvalue weighted by Gasteiger charge is 2.22. The van der Waals surface area contributed by atoms with Gasteiger partial charge in [0, 0.05) is 0 Å². The summed E-state index contributed by atoms with van der Waals surface area (Å²) >= 11 is 0. The van der Waals surface area contributed by atoms with Gasteiger partial charge in [-0.3, -0.25) is 0 Å². The molecule has 0 saturated carbocycles. The average molecular weight is 366 g/mol. The molecule has 7 rings (SSSR count). The average Bonchev–Trinajstić information content (AvgIpc) is 2.78. The minimum atomic E-state index is 0.997. The van der Waals surface area contributed by atoms with Gasteiger partial charge >= 0.3 is 0 Å². The number of hydrogen-bond donors (Lipinski definition) is 0. The van der Waals surface area contributed by atoms with E-state index in [0.29, 0.717) is 0 Å². The van der Waals surface area contributed by atoms with Crippen LogP contribution in [0.4, 0.5) is 0 Å². The Hall–Kier alpha value is -3.64.